The lowest BCUT2D eigenvalue weighted by Crippen LogP contribution is -2.24. The average Bonchev–Trinajstić information content (AvgIpc) is 2.89. The Balaban J connectivity index is 1.78. The van der Waals surface area contributed by atoms with E-state index >= 15 is 0 Å². The van der Waals surface area contributed by atoms with Crippen molar-refractivity contribution in [1.29, 1.82) is 0 Å². The highest BCUT2D eigenvalue weighted by Crippen LogP contribution is 2.20. The molecule has 2 rings (SSSR count). The molecular formula is C15H19ClO3. The number of Topliss-reactive ketones (excluding diaryl/α,β-unsaturated/α-hetero) is 1. The molecule has 104 valence electrons. The van der Waals surface area contributed by atoms with E-state index in [1.807, 2.05) is 0 Å². The maximum Gasteiger partial charge on any atom is 0.173 e. The summed E-state index contributed by atoms with van der Waals surface area (Å²) in [6, 6.07) is 7.10. The second kappa shape index (κ2) is 6.92. The van der Waals surface area contributed by atoms with Crippen LogP contribution >= 0.6 is 11.6 Å². The van der Waals surface area contributed by atoms with Gasteiger partial charge in [0.15, 0.2) is 11.9 Å². The SMILES string of the molecule is CC(Oc1cccc(Cl)c1)C(=O)CCC1CCCO1. The summed E-state index contributed by atoms with van der Waals surface area (Å²) in [4.78, 5) is 12.0. The fourth-order valence-electron chi connectivity index (χ4n) is 2.19. The molecule has 4 heteroatoms. The fraction of sp³-hybridized carbons (Fsp3) is 0.533. The molecule has 0 aliphatic carbocycles. The molecular weight excluding hydrogens is 264 g/mol. The smallest absolute Gasteiger partial charge is 0.173 e. The number of halogens is 1. The third kappa shape index (κ3) is 4.51. The van der Waals surface area contributed by atoms with Crippen molar-refractivity contribution in [3.63, 3.8) is 0 Å². The number of hydrogen-bond donors (Lipinski definition) is 0. The summed E-state index contributed by atoms with van der Waals surface area (Å²) in [5, 5.41) is 0.608. The Hall–Kier alpha value is -1.06. The van der Waals surface area contributed by atoms with Gasteiger partial charge in [-0.3, -0.25) is 4.79 Å². The molecule has 0 aromatic heterocycles. The Kier molecular flexibility index (Phi) is 5.23. The molecule has 2 atom stereocenters. The van der Waals surface area contributed by atoms with Gasteiger partial charge in [-0.2, -0.15) is 0 Å². The van der Waals surface area contributed by atoms with Crippen LogP contribution in [-0.2, 0) is 9.53 Å². The molecule has 0 N–H and O–H groups in total. The Labute approximate surface area is 118 Å². The zero-order valence-corrected chi connectivity index (χ0v) is 11.9. The molecule has 2 unspecified atom stereocenters. The number of benzene rings is 1. The van der Waals surface area contributed by atoms with Crippen LogP contribution in [0.25, 0.3) is 0 Å². The van der Waals surface area contributed by atoms with E-state index < -0.39 is 6.10 Å². The Morgan fingerprint density at radius 1 is 1.58 bits per heavy atom. The van der Waals surface area contributed by atoms with Crippen LogP contribution < -0.4 is 4.74 Å². The van der Waals surface area contributed by atoms with Crippen molar-refractivity contribution in [1.82, 2.24) is 0 Å². The fourth-order valence-corrected chi connectivity index (χ4v) is 2.37. The second-order valence-corrected chi connectivity index (χ2v) is 5.29. The number of rotatable bonds is 6. The minimum Gasteiger partial charge on any atom is -0.483 e. The predicted octanol–water partition coefficient (Wildman–Crippen LogP) is 3.64. The number of hydrogen-bond acceptors (Lipinski definition) is 3. The van der Waals surface area contributed by atoms with Gasteiger partial charge in [0.1, 0.15) is 5.75 Å². The highest BCUT2D eigenvalue weighted by Gasteiger charge is 2.20. The number of ether oxygens (including phenoxy) is 2. The van der Waals surface area contributed by atoms with Crippen molar-refractivity contribution in [2.24, 2.45) is 0 Å². The van der Waals surface area contributed by atoms with Crippen LogP contribution in [0.2, 0.25) is 5.02 Å². The zero-order valence-electron chi connectivity index (χ0n) is 11.1. The number of ketones is 1. The summed E-state index contributed by atoms with van der Waals surface area (Å²) >= 11 is 5.87. The Morgan fingerprint density at radius 3 is 3.11 bits per heavy atom. The van der Waals surface area contributed by atoms with E-state index in [1.165, 1.54) is 0 Å². The van der Waals surface area contributed by atoms with Gasteiger partial charge in [-0.25, -0.2) is 0 Å². The van der Waals surface area contributed by atoms with E-state index in [2.05, 4.69) is 0 Å². The predicted molar refractivity (Wildman–Crippen MR) is 74.8 cm³/mol. The molecule has 3 nitrogen and oxygen atoms in total. The number of carbonyl (C=O) groups is 1. The lowest BCUT2D eigenvalue weighted by Gasteiger charge is -2.15. The standard InChI is InChI=1S/C15H19ClO3/c1-11(19-14-5-2-4-12(16)10-14)15(17)8-7-13-6-3-9-18-13/h2,4-5,10-11,13H,3,6-9H2,1H3. The van der Waals surface area contributed by atoms with Crippen molar-refractivity contribution >= 4 is 17.4 Å². The van der Waals surface area contributed by atoms with Crippen LogP contribution in [-0.4, -0.2) is 24.6 Å². The average molecular weight is 283 g/mol. The molecule has 0 saturated carbocycles. The first-order valence-corrected chi connectivity index (χ1v) is 7.09. The van der Waals surface area contributed by atoms with Gasteiger partial charge in [0, 0.05) is 18.1 Å². The van der Waals surface area contributed by atoms with Crippen molar-refractivity contribution in [2.75, 3.05) is 6.61 Å². The molecule has 1 heterocycles. The van der Waals surface area contributed by atoms with E-state index in [4.69, 9.17) is 21.1 Å². The van der Waals surface area contributed by atoms with Gasteiger partial charge >= 0.3 is 0 Å². The molecule has 1 aromatic carbocycles. The summed E-state index contributed by atoms with van der Waals surface area (Å²) in [5.41, 5.74) is 0. The highest BCUT2D eigenvalue weighted by molar-refractivity contribution is 6.30. The van der Waals surface area contributed by atoms with Crippen LogP contribution in [0.1, 0.15) is 32.6 Å². The molecule has 0 spiro atoms. The molecule has 0 bridgehead atoms. The highest BCUT2D eigenvalue weighted by atomic mass is 35.5. The second-order valence-electron chi connectivity index (χ2n) is 4.86. The van der Waals surface area contributed by atoms with Gasteiger partial charge < -0.3 is 9.47 Å². The summed E-state index contributed by atoms with van der Waals surface area (Å²) in [6.07, 6.45) is 3.28. The third-order valence-electron chi connectivity index (χ3n) is 3.30. The van der Waals surface area contributed by atoms with Gasteiger partial charge in [0.2, 0.25) is 0 Å². The maximum absolute atomic E-state index is 12.0. The Morgan fingerprint density at radius 2 is 2.42 bits per heavy atom. The summed E-state index contributed by atoms with van der Waals surface area (Å²) < 4.78 is 11.1. The summed E-state index contributed by atoms with van der Waals surface area (Å²) in [5.74, 6) is 0.737. The molecule has 1 saturated heterocycles. The Bertz CT molecular complexity index is 427. The van der Waals surface area contributed by atoms with Gasteiger partial charge in [-0.1, -0.05) is 17.7 Å². The first kappa shape index (κ1) is 14.4. The van der Waals surface area contributed by atoms with Crippen molar-refractivity contribution in [3.8, 4) is 5.75 Å². The summed E-state index contributed by atoms with van der Waals surface area (Å²) in [7, 11) is 0. The van der Waals surface area contributed by atoms with Gasteiger partial charge in [-0.05, 0) is 44.4 Å². The monoisotopic (exact) mass is 282 g/mol. The lowest BCUT2D eigenvalue weighted by molar-refractivity contribution is -0.125. The minimum absolute atomic E-state index is 0.107. The van der Waals surface area contributed by atoms with E-state index in [0.717, 1.165) is 25.9 Å². The minimum atomic E-state index is -0.445. The van der Waals surface area contributed by atoms with Gasteiger partial charge in [-0.15, -0.1) is 0 Å². The molecule has 1 aromatic rings. The van der Waals surface area contributed by atoms with Gasteiger partial charge in [0.25, 0.3) is 0 Å². The van der Waals surface area contributed by atoms with E-state index in [-0.39, 0.29) is 11.9 Å². The quantitative estimate of drug-likeness (QED) is 0.799. The molecule has 1 fully saturated rings. The first-order chi connectivity index (χ1) is 9.15. The topological polar surface area (TPSA) is 35.5 Å². The van der Waals surface area contributed by atoms with Crippen molar-refractivity contribution in [3.05, 3.63) is 29.3 Å². The van der Waals surface area contributed by atoms with E-state index in [9.17, 15) is 4.79 Å². The lowest BCUT2D eigenvalue weighted by atomic mass is 10.1. The third-order valence-corrected chi connectivity index (χ3v) is 3.53. The van der Waals surface area contributed by atoms with Gasteiger partial charge in [0.05, 0.1) is 6.10 Å². The number of carbonyl (C=O) groups excluding carboxylic acids is 1. The van der Waals surface area contributed by atoms with Crippen LogP contribution in [0.4, 0.5) is 0 Å². The van der Waals surface area contributed by atoms with Crippen molar-refractivity contribution in [2.45, 2.75) is 44.8 Å². The van der Waals surface area contributed by atoms with E-state index in [1.54, 1.807) is 31.2 Å². The first-order valence-electron chi connectivity index (χ1n) is 6.71. The molecule has 0 radical (unpaired) electrons. The largest absolute Gasteiger partial charge is 0.483 e. The van der Waals surface area contributed by atoms with Crippen LogP contribution in [0.15, 0.2) is 24.3 Å². The molecule has 0 amide bonds. The zero-order chi connectivity index (χ0) is 13.7. The maximum atomic E-state index is 12.0. The summed E-state index contributed by atoms with van der Waals surface area (Å²) in [6.45, 7) is 2.60. The normalized spacial score (nSPS) is 20.2. The van der Waals surface area contributed by atoms with Crippen LogP contribution in [0, 0.1) is 0 Å². The molecule has 1 aliphatic heterocycles. The van der Waals surface area contributed by atoms with Crippen LogP contribution in [0.3, 0.4) is 0 Å². The van der Waals surface area contributed by atoms with E-state index in [0.29, 0.717) is 17.2 Å². The molecule has 19 heavy (non-hydrogen) atoms. The van der Waals surface area contributed by atoms with Crippen LogP contribution in [0.5, 0.6) is 5.75 Å². The van der Waals surface area contributed by atoms with Crippen molar-refractivity contribution < 1.29 is 14.3 Å². The molecule has 1 aliphatic rings.